The molecule has 13 heteroatoms. The van der Waals surface area contributed by atoms with Gasteiger partial charge in [0, 0.05) is 0 Å². The summed E-state index contributed by atoms with van der Waals surface area (Å²) in [5.74, 6) is -5.88. The molecular formula is C20H37N5O8. The van der Waals surface area contributed by atoms with Crippen molar-refractivity contribution in [1.29, 1.82) is 0 Å². The van der Waals surface area contributed by atoms with E-state index in [-0.39, 0.29) is 6.42 Å². The number of carbonyl (C=O) groups is 5. The number of nitrogens with one attached hydrogen (secondary N) is 3. The molecule has 6 unspecified atom stereocenters. The molecule has 0 fully saturated rings. The predicted octanol–water partition coefficient (Wildman–Crippen LogP) is -2.12. The summed E-state index contributed by atoms with van der Waals surface area (Å²) in [6.07, 6.45) is -0.326. The first-order valence-electron chi connectivity index (χ1n) is 10.8. The quantitative estimate of drug-likeness (QED) is 0.113. The van der Waals surface area contributed by atoms with Crippen molar-refractivity contribution in [2.24, 2.45) is 17.4 Å². The number of hydrogen-bond acceptors (Lipinski definition) is 8. The summed E-state index contributed by atoms with van der Waals surface area (Å²) in [6.45, 7) is 4.97. The van der Waals surface area contributed by atoms with Crippen LogP contribution in [0.5, 0.6) is 0 Å². The van der Waals surface area contributed by atoms with Gasteiger partial charge >= 0.3 is 11.9 Å². The van der Waals surface area contributed by atoms with E-state index >= 15 is 0 Å². The predicted molar refractivity (Wildman–Crippen MR) is 118 cm³/mol. The van der Waals surface area contributed by atoms with Gasteiger partial charge in [0.1, 0.15) is 18.1 Å². The Kier molecular flexibility index (Phi) is 13.9. The summed E-state index contributed by atoms with van der Waals surface area (Å²) in [5, 5.41) is 35.1. The second kappa shape index (κ2) is 15.1. The second-order valence-corrected chi connectivity index (χ2v) is 7.99. The molecular weight excluding hydrogens is 438 g/mol. The third kappa shape index (κ3) is 11.1. The Morgan fingerprint density at radius 2 is 1.45 bits per heavy atom. The van der Waals surface area contributed by atoms with E-state index in [1.807, 2.05) is 0 Å². The number of aliphatic hydroxyl groups excluding tert-OH is 1. The zero-order chi connectivity index (χ0) is 25.7. The van der Waals surface area contributed by atoms with Crippen LogP contribution in [0.1, 0.15) is 52.9 Å². The van der Waals surface area contributed by atoms with Crippen molar-refractivity contribution in [3.05, 3.63) is 0 Å². The molecule has 0 spiro atoms. The lowest BCUT2D eigenvalue weighted by Crippen LogP contribution is -2.60. The number of aliphatic hydroxyl groups is 1. The maximum absolute atomic E-state index is 12.7. The summed E-state index contributed by atoms with van der Waals surface area (Å²) in [6, 6.07) is -5.42. The molecule has 10 N–H and O–H groups in total. The van der Waals surface area contributed by atoms with Gasteiger partial charge in [0.2, 0.25) is 17.7 Å². The number of carboxylic acids is 2. The number of nitrogens with two attached hydrogens (primary N) is 2. The maximum atomic E-state index is 12.7. The van der Waals surface area contributed by atoms with Gasteiger partial charge in [-0.05, 0) is 32.2 Å². The Bertz CT molecular complexity index is 687. The molecule has 0 aliphatic carbocycles. The Hall–Kier alpha value is -2.77. The van der Waals surface area contributed by atoms with Gasteiger partial charge in [-0.1, -0.05) is 26.7 Å². The average Bonchev–Trinajstić information content (AvgIpc) is 2.73. The number of amides is 3. The molecule has 0 saturated heterocycles. The van der Waals surface area contributed by atoms with Gasteiger partial charge in [-0.25, -0.2) is 4.79 Å². The van der Waals surface area contributed by atoms with Crippen LogP contribution in [0, 0.1) is 5.92 Å². The fraction of sp³-hybridized carbons (Fsp3) is 0.750. The number of carboxylic acid groups (broad SMARTS) is 2. The smallest absolute Gasteiger partial charge is 0.326 e. The molecule has 0 bridgehead atoms. The number of aliphatic carboxylic acids is 2. The number of carbonyl (C=O) groups excluding carboxylic acids is 3. The van der Waals surface area contributed by atoms with Gasteiger partial charge in [-0.15, -0.1) is 0 Å². The van der Waals surface area contributed by atoms with Gasteiger partial charge in [-0.2, -0.15) is 0 Å². The highest BCUT2D eigenvalue weighted by Crippen LogP contribution is 2.09. The van der Waals surface area contributed by atoms with Crippen LogP contribution in [0.25, 0.3) is 0 Å². The van der Waals surface area contributed by atoms with Crippen molar-refractivity contribution >= 4 is 29.7 Å². The van der Waals surface area contributed by atoms with Crippen LogP contribution in [-0.2, 0) is 24.0 Å². The van der Waals surface area contributed by atoms with E-state index in [1.165, 1.54) is 6.92 Å². The largest absolute Gasteiger partial charge is 0.481 e. The van der Waals surface area contributed by atoms with Gasteiger partial charge in [-0.3, -0.25) is 19.2 Å². The van der Waals surface area contributed by atoms with Crippen LogP contribution in [0.2, 0.25) is 0 Å². The second-order valence-electron chi connectivity index (χ2n) is 7.99. The zero-order valence-corrected chi connectivity index (χ0v) is 19.2. The number of rotatable bonds is 16. The molecule has 3 amide bonds. The first kappa shape index (κ1) is 30.2. The van der Waals surface area contributed by atoms with Gasteiger partial charge in [0.25, 0.3) is 0 Å². The molecule has 0 saturated carbocycles. The summed E-state index contributed by atoms with van der Waals surface area (Å²) < 4.78 is 0. The molecule has 0 heterocycles. The van der Waals surface area contributed by atoms with Crippen molar-refractivity contribution in [2.45, 2.75) is 83.1 Å². The zero-order valence-electron chi connectivity index (χ0n) is 19.2. The third-order valence-electron chi connectivity index (χ3n) is 5.16. The van der Waals surface area contributed by atoms with Gasteiger partial charge in [0.05, 0.1) is 18.6 Å². The maximum Gasteiger partial charge on any atom is 0.326 e. The minimum Gasteiger partial charge on any atom is -0.481 e. The van der Waals surface area contributed by atoms with Crippen molar-refractivity contribution in [1.82, 2.24) is 16.0 Å². The van der Waals surface area contributed by atoms with E-state index in [9.17, 15) is 34.2 Å². The molecule has 0 rings (SSSR count). The molecule has 0 aliphatic heterocycles. The van der Waals surface area contributed by atoms with E-state index in [0.29, 0.717) is 25.8 Å². The third-order valence-corrected chi connectivity index (χ3v) is 5.16. The average molecular weight is 476 g/mol. The van der Waals surface area contributed by atoms with Crippen LogP contribution in [0.4, 0.5) is 0 Å². The Morgan fingerprint density at radius 3 is 1.91 bits per heavy atom. The first-order valence-corrected chi connectivity index (χ1v) is 10.8. The first-order chi connectivity index (χ1) is 15.3. The fourth-order valence-electron chi connectivity index (χ4n) is 2.89. The van der Waals surface area contributed by atoms with Crippen LogP contribution < -0.4 is 27.4 Å². The molecule has 0 aromatic heterocycles. The lowest BCUT2D eigenvalue weighted by atomic mass is 9.98. The standard InChI is InChI=1S/C20H37N5O8/c1-4-10(2)15(20(32)33)24-19(31)16(11(3)26)25-18(30)13(9-14(27)28)23-17(29)12(22)7-5-6-8-21/h10-13,15-16,26H,4-9,21-22H2,1-3H3,(H,23,29)(H,24,31)(H,25,30)(H,27,28)(H,32,33). The summed E-state index contributed by atoms with van der Waals surface area (Å²) in [5.41, 5.74) is 11.2. The minimum atomic E-state index is -1.59. The highest BCUT2D eigenvalue weighted by molar-refractivity contribution is 5.95. The lowest BCUT2D eigenvalue weighted by molar-refractivity contribution is -0.145. The monoisotopic (exact) mass is 475 g/mol. The molecule has 0 radical (unpaired) electrons. The number of unbranched alkanes of at least 4 members (excludes halogenated alkanes) is 1. The highest BCUT2D eigenvalue weighted by Gasteiger charge is 2.34. The summed E-state index contributed by atoms with van der Waals surface area (Å²) in [4.78, 5) is 60.2. The molecule has 0 aliphatic rings. The minimum absolute atomic E-state index is 0.273. The van der Waals surface area contributed by atoms with E-state index in [0.717, 1.165) is 0 Å². The molecule has 33 heavy (non-hydrogen) atoms. The summed E-state index contributed by atoms with van der Waals surface area (Å²) >= 11 is 0. The highest BCUT2D eigenvalue weighted by atomic mass is 16.4. The van der Waals surface area contributed by atoms with Crippen molar-refractivity contribution in [3.8, 4) is 0 Å². The fourth-order valence-corrected chi connectivity index (χ4v) is 2.89. The Labute approximate surface area is 192 Å². The molecule has 0 aromatic carbocycles. The lowest BCUT2D eigenvalue weighted by Gasteiger charge is -2.27. The van der Waals surface area contributed by atoms with Crippen LogP contribution in [0.15, 0.2) is 0 Å². The van der Waals surface area contributed by atoms with Crippen LogP contribution in [-0.4, -0.2) is 81.8 Å². The van der Waals surface area contributed by atoms with Crippen LogP contribution >= 0.6 is 0 Å². The molecule has 0 aromatic rings. The van der Waals surface area contributed by atoms with Gasteiger partial charge in [0.15, 0.2) is 0 Å². The van der Waals surface area contributed by atoms with E-state index in [4.69, 9.17) is 16.6 Å². The van der Waals surface area contributed by atoms with Crippen LogP contribution in [0.3, 0.4) is 0 Å². The van der Waals surface area contributed by atoms with Crippen molar-refractivity contribution < 1.29 is 39.3 Å². The van der Waals surface area contributed by atoms with E-state index < -0.39 is 72.3 Å². The van der Waals surface area contributed by atoms with Crippen molar-refractivity contribution in [3.63, 3.8) is 0 Å². The number of hydrogen-bond donors (Lipinski definition) is 8. The topological polar surface area (TPSA) is 234 Å². The molecule has 6 atom stereocenters. The molecule has 190 valence electrons. The Balaban J connectivity index is 5.40. The van der Waals surface area contributed by atoms with E-state index in [2.05, 4.69) is 16.0 Å². The van der Waals surface area contributed by atoms with Gasteiger partial charge < -0.3 is 42.7 Å². The SMILES string of the molecule is CCC(C)C(NC(=O)C(NC(=O)C(CC(=O)O)NC(=O)C(N)CCCCN)C(C)O)C(=O)O. The summed E-state index contributed by atoms with van der Waals surface area (Å²) in [7, 11) is 0. The normalized spacial score (nSPS) is 16.4. The molecule has 13 nitrogen and oxygen atoms in total. The van der Waals surface area contributed by atoms with Crippen molar-refractivity contribution in [2.75, 3.05) is 6.54 Å². The van der Waals surface area contributed by atoms with E-state index in [1.54, 1.807) is 13.8 Å². The Morgan fingerprint density at radius 1 is 0.879 bits per heavy atom.